The number of hydrogen-bond donors (Lipinski definition) is 0. The monoisotopic (exact) mass is 535 g/mol. The van der Waals surface area contributed by atoms with Gasteiger partial charge >= 0.3 is 0 Å². The number of rotatable bonds is 7. The zero-order valence-corrected chi connectivity index (χ0v) is 22.6. The molecule has 0 saturated heterocycles. The quantitative estimate of drug-likeness (QED) is 0.279. The molecule has 5 aromatic rings. The Labute approximate surface area is 231 Å². The van der Waals surface area contributed by atoms with E-state index in [0.717, 1.165) is 37.7 Å². The summed E-state index contributed by atoms with van der Waals surface area (Å²) in [6.45, 7) is 1.59. The predicted molar refractivity (Wildman–Crippen MR) is 154 cm³/mol. The van der Waals surface area contributed by atoms with Gasteiger partial charge in [0.05, 0.1) is 31.3 Å². The number of fused-ring (bicyclic) bond motifs is 3. The van der Waals surface area contributed by atoms with Crippen LogP contribution in [0.4, 0.5) is 0 Å². The summed E-state index contributed by atoms with van der Waals surface area (Å²) in [7, 11) is 1.66. The van der Waals surface area contributed by atoms with E-state index in [1.807, 2.05) is 89.8 Å². The Kier molecular flexibility index (Phi) is 6.99. The average Bonchev–Trinajstić information content (AvgIpc) is 3.37. The number of hydrogen-bond acceptors (Lipinski definition) is 5. The predicted octanol–water partition coefficient (Wildman–Crippen LogP) is 5.43. The maximum Gasteiger partial charge on any atom is 0.262 e. The summed E-state index contributed by atoms with van der Waals surface area (Å²) < 4.78 is 7.16. The highest BCUT2D eigenvalue weighted by molar-refractivity contribution is 7.18. The minimum absolute atomic E-state index is 0.0152. The van der Waals surface area contributed by atoms with E-state index < -0.39 is 0 Å². The van der Waals surface area contributed by atoms with E-state index in [4.69, 9.17) is 4.74 Å². The van der Waals surface area contributed by atoms with Gasteiger partial charge in [0.15, 0.2) is 0 Å². The summed E-state index contributed by atoms with van der Waals surface area (Å²) in [6.07, 6.45) is 2.96. The number of para-hydroxylation sites is 1. The molecule has 0 N–H and O–H groups in total. The van der Waals surface area contributed by atoms with Crippen LogP contribution in [0.3, 0.4) is 0 Å². The van der Waals surface area contributed by atoms with Crippen LogP contribution in [0, 0.1) is 0 Å². The highest BCUT2D eigenvalue weighted by Gasteiger charge is 2.32. The van der Waals surface area contributed by atoms with Crippen molar-refractivity contribution in [2.75, 3.05) is 13.7 Å². The first-order valence-corrected chi connectivity index (χ1v) is 14.0. The van der Waals surface area contributed by atoms with Gasteiger partial charge in [-0.25, -0.2) is 4.98 Å². The van der Waals surface area contributed by atoms with E-state index >= 15 is 0 Å². The molecule has 2 aromatic heterocycles. The number of amides is 1. The lowest BCUT2D eigenvalue weighted by molar-refractivity contribution is -0.132. The van der Waals surface area contributed by atoms with E-state index in [2.05, 4.69) is 4.98 Å². The van der Waals surface area contributed by atoms with Crippen molar-refractivity contribution in [3.8, 4) is 5.75 Å². The Morgan fingerprint density at radius 3 is 2.33 bits per heavy atom. The molecule has 1 aliphatic heterocycles. The van der Waals surface area contributed by atoms with Crippen LogP contribution in [-0.2, 0) is 30.7 Å². The fourth-order valence-electron chi connectivity index (χ4n) is 5.47. The van der Waals surface area contributed by atoms with Crippen molar-refractivity contribution in [3.63, 3.8) is 0 Å². The number of methoxy groups -OCH3 is 1. The molecular weight excluding hydrogens is 506 g/mol. The topological polar surface area (TPSA) is 64.4 Å². The molecule has 0 radical (unpaired) electrons. The van der Waals surface area contributed by atoms with Crippen molar-refractivity contribution in [1.29, 1.82) is 0 Å². The summed E-state index contributed by atoms with van der Waals surface area (Å²) in [5.74, 6) is 0.535. The van der Waals surface area contributed by atoms with Crippen LogP contribution in [0.1, 0.15) is 33.0 Å². The maximum absolute atomic E-state index is 14.0. The Morgan fingerprint density at radius 2 is 1.64 bits per heavy atom. The van der Waals surface area contributed by atoms with Crippen molar-refractivity contribution < 1.29 is 9.53 Å². The van der Waals surface area contributed by atoms with Gasteiger partial charge in [0.25, 0.3) is 5.56 Å². The van der Waals surface area contributed by atoms with Gasteiger partial charge in [0.2, 0.25) is 5.91 Å². The number of carbonyl (C=O) groups excluding carboxylic acids is 1. The molecule has 0 unspecified atom stereocenters. The molecule has 0 atom stereocenters. The first-order valence-electron chi connectivity index (χ1n) is 13.1. The Bertz CT molecular complexity index is 1640. The number of benzene rings is 3. The molecule has 3 aromatic carbocycles. The Morgan fingerprint density at radius 1 is 0.974 bits per heavy atom. The SMILES string of the molecule is COc1ccccc1CCn1cnc2sc3c(c2c1=O)CCN(C(=O)C(c1ccccc1)c1ccccc1)C3. The van der Waals surface area contributed by atoms with Crippen LogP contribution in [0.25, 0.3) is 10.2 Å². The molecule has 39 heavy (non-hydrogen) atoms. The Hall–Kier alpha value is -4.23. The summed E-state index contributed by atoms with van der Waals surface area (Å²) in [5, 5.41) is 0.701. The molecule has 196 valence electrons. The van der Waals surface area contributed by atoms with Crippen LogP contribution < -0.4 is 10.3 Å². The number of carbonyl (C=O) groups is 1. The molecule has 7 heteroatoms. The van der Waals surface area contributed by atoms with Crippen molar-refractivity contribution in [2.24, 2.45) is 0 Å². The largest absolute Gasteiger partial charge is 0.496 e. The summed E-state index contributed by atoms with van der Waals surface area (Å²) in [5.41, 5.74) is 4.04. The van der Waals surface area contributed by atoms with Crippen molar-refractivity contribution in [3.05, 3.63) is 129 Å². The highest BCUT2D eigenvalue weighted by atomic mass is 32.1. The number of aromatic nitrogens is 2. The Balaban J connectivity index is 1.27. The third-order valence-corrected chi connectivity index (χ3v) is 8.59. The van der Waals surface area contributed by atoms with Crippen LogP contribution in [-0.4, -0.2) is 34.0 Å². The zero-order valence-electron chi connectivity index (χ0n) is 21.7. The molecule has 1 aliphatic rings. The molecule has 0 saturated carbocycles. The molecule has 0 fully saturated rings. The molecular formula is C32H29N3O3S. The van der Waals surface area contributed by atoms with Crippen LogP contribution in [0.2, 0.25) is 0 Å². The number of nitrogens with zero attached hydrogens (tertiary/aromatic N) is 3. The second-order valence-corrected chi connectivity index (χ2v) is 10.8. The van der Waals surface area contributed by atoms with E-state index in [9.17, 15) is 9.59 Å². The molecule has 0 aliphatic carbocycles. The van der Waals surface area contributed by atoms with Gasteiger partial charge in [0, 0.05) is 18.0 Å². The lowest BCUT2D eigenvalue weighted by atomic mass is 9.89. The van der Waals surface area contributed by atoms with Crippen molar-refractivity contribution in [1.82, 2.24) is 14.5 Å². The van der Waals surface area contributed by atoms with Gasteiger partial charge in [-0.2, -0.15) is 0 Å². The number of aryl methyl sites for hydroxylation is 2. The van der Waals surface area contributed by atoms with E-state index in [1.165, 1.54) is 11.3 Å². The third-order valence-electron chi connectivity index (χ3n) is 7.47. The fraction of sp³-hybridized carbons (Fsp3) is 0.219. The minimum atomic E-state index is -0.367. The first kappa shape index (κ1) is 25.1. The standard InChI is InChI=1S/C32H29N3O3S/c1-38-26-15-9-8-10-22(26)16-18-35-21-33-30-29(32(35)37)25-17-19-34(20-27(25)39-30)31(36)28(23-11-4-2-5-12-23)24-13-6-3-7-14-24/h2-15,21,28H,16-20H2,1H3. The van der Waals surface area contributed by atoms with Crippen LogP contribution in [0.5, 0.6) is 5.75 Å². The van der Waals surface area contributed by atoms with Gasteiger partial charge < -0.3 is 9.64 Å². The van der Waals surface area contributed by atoms with E-state index in [0.29, 0.717) is 37.9 Å². The van der Waals surface area contributed by atoms with E-state index in [1.54, 1.807) is 18.0 Å². The lowest BCUT2D eigenvalue weighted by Gasteiger charge is -2.31. The number of thiophene rings is 1. The van der Waals surface area contributed by atoms with E-state index in [-0.39, 0.29) is 17.4 Å². The summed E-state index contributed by atoms with van der Waals surface area (Å²) in [4.78, 5) is 35.9. The van der Waals surface area contributed by atoms with Gasteiger partial charge in [-0.05, 0) is 41.2 Å². The summed E-state index contributed by atoms with van der Waals surface area (Å²) >= 11 is 1.53. The summed E-state index contributed by atoms with van der Waals surface area (Å²) in [6, 6.07) is 27.8. The minimum Gasteiger partial charge on any atom is -0.496 e. The molecule has 0 bridgehead atoms. The van der Waals surface area contributed by atoms with Gasteiger partial charge in [0.1, 0.15) is 10.6 Å². The van der Waals surface area contributed by atoms with Crippen LogP contribution in [0.15, 0.2) is 96.1 Å². The molecule has 6 nitrogen and oxygen atoms in total. The smallest absolute Gasteiger partial charge is 0.262 e. The average molecular weight is 536 g/mol. The number of ether oxygens (including phenoxy) is 1. The van der Waals surface area contributed by atoms with Crippen molar-refractivity contribution in [2.45, 2.75) is 31.8 Å². The molecule has 6 rings (SSSR count). The molecule has 3 heterocycles. The maximum atomic E-state index is 14.0. The highest BCUT2D eigenvalue weighted by Crippen LogP contribution is 2.35. The second-order valence-electron chi connectivity index (χ2n) is 9.75. The normalized spacial score (nSPS) is 13.0. The third kappa shape index (κ3) is 4.86. The zero-order chi connectivity index (χ0) is 26.8. The lowest BCUT2D eigenvalue weighted by Crippen LogP contribution is -2.39. The van der Waals surface area contributed by atoms with Gasteiger partial charge in [-0.1, -0.05) is 78.9 Å². The second kappa shape index (κ2) is 10.9. The first-order chi connectivity index (χ1) is 19.1. The van der Waals surface area contributed by atoms with Crippen molar-refractivity contribution >= 4 is 27.5 Å². The molecule has 1 amide bonds. The fourth-order valence-corrected chi connectivity index (χ4v) is 6.66. The van der Waals surface area contributed by atoms with Gasteiger partial charge in [-0.3, -0.25) is 14.2 Å². The molecule has 0 spiro atoms. The van der Waals surface area contributed by atoms with Crippen LogP contribution >= 0.6 is 11.3 Å². The van der Waals surface area contributed by atoms with Gasteiger partial charge in [-0.15, -0.1) is 11.3 Å².